The number of nitrogens with one attached hydrogen (secondary N) is 1. The molecule has 0 aromatic rings. The Hall–Kier alpha value is -1.10. The Morgan fingerprint density at radius 3 is 2.89 bits per heavy atom. The molecule has 0 spiro atoms. The molecular formula is C13H24N2O3. The molecule has 2 atom stereocenters. The van der Waals surface area contributed by atoms with E-state index in [0.717, 1.165) is 19.4 Å². The minimum Gasteiger partial charge on any atom is -0.480 e. The molecule has 0 radical (unpaired) electrons. The number of rotatable bonds is 9. The Bertz CT molecular complexity index is 271. The molecule has 2 N–H and O–H groups in total. The lowest BCUT2D eigenvalue weighted by Gasteiger charge is -2.20. The maximum absolute atomic E-state index is 11.2. The van der Waals surface area contributed by atoms with Crippen molar-refractivity contribution in [1.82, 2.24) is 10.2 Å². The summed E-state index contributed by atoms with van der Waals surface area (Å²) in [7, 11) is 0. The number of aliphatic carboxylic acids is 1. The normalized spacial score (nSPS) is 24.1. The van der Waals surface area contributed by atoms with Crippen molar-refractivity contribution in [1.29, 1.82) is 0 Å². The summed E-state index contributed by atoms with van der Waals surface area (Å²) in [5.74, 6) is -0.243. The number of unbranched alkanes of at least 4 members (excludes halogenated alkanes) is 2. The van der Waals surface area contributed by atoms with Crippen LogP contribution < -0.4 is 5.32 Å². The van der Waals surface area contributed by atoms with Gasteiger partial charge in [-0.1, -0.05) is 26.2 Å². The van der Waals surface area contributed by atoms with Crippen molar-refractivity contribution >= 4 is 12.4 Å². The molecule has 5 nitrogen and oxygen atoms in total. The van der Waals surface area contributed by atoms with Crippen LogP contribution in [0.3, 0.4) is 0 Å². The van der Waals surface area contributed by atoms with Gasteiger partial charge in [0.05, 0.1) is 0 Å². The molecule has 1 heterocycles. The molecule has 18 heavy (non-hydrogen) atoms. The highest BCUT2D eigenvalue weighted by molar-refractivity contribution is 5.73. The molecule has 1 fully saturated rings. The lowest BCUT2D eigenvalue weighted by atomic mass is 9.98. The summed E-state index contributed by atoms with van der Waals surface area (Å²) in [4.78, 5) is 23.4. The second-order valence-electron chi connectivity index (χ2n) is 5.02. The van der Waals surface area contributed by atoms with Gasteiger partial charge in [-0.3, -0.25) is 14.5 Å². The Morgan fingerprint density at radius 1 is 1.50 bits per heavy atom. The third kappa shape index (κ3) is 4.64. The number of carboxylic acids is 1. The van der Waals surface area contributed by atoms with E-state index in [-0.39, 0.29) is 6.04 Å². The molecular weight excluding hydrogens is 232 g/mol. The second kappa shape index (κ2) is 8.08. The fourth-order valence-corrected chi connectivity index (χ4v) is 2.66. The van der Waals surface area contributed by atoms with E-state index in [4.69, 9.17) is 0 Å². The third-order valence-corrected chi connectivity index (χ3v) is 3.62. The molecule has 2 unspecified atom stereocenters. The van der Waals surface area contributed by atoms with Crippen LogP contribution in [0.4, 0.5) is 0 Å². The van der Waals surface area contributed by atoms with Gasteiger partial charge in [0, 0.05) is 19.6 Å². The average Bonchev–Trinajstić information content (AvgIpc) is 2.73. The van der Waals surface area contributed by atoms with E-state index in [1.54, 1.807) is 0 Å². The van der Waals surface area contributed by atoms with Crippen LogP contribution in [0.15, 0.2) is 0 Å². The predicted octanol–water partition coefficient (Wildman–Crippen LogP) is 1.09. The number of carboxylic acid groups (broad SMARTS) is 1. The van der Waals surface area contributed by atoms with Gasteiger partial charge in [-0.05, 0) is 18.8 Å². The average molecular weight is 256 g/mol. The van der Waals surface area contributed by atoms with E-state index in [0.29, 0.717) is 25.4 Å². The molecule has 104 valence electrons. The standard InChI is InChI=1S/C13H24N2O3/c1-2-3-4-5-11-8-12(13(17)18)15(9-11)7-6-14-10-16/h10-12H,2-9H2,1H3,(H,14,16)(H,17,18). The Kier molecular flexibility index (Phi) is 6.72. The zero-order valence-corrected chi connectivity index (χ0v) is 11.1. The number of carbonyl (C=O) groups is 2. The smallest absolute Gasteiger partial charge is 0.320 e. The number of hydrogen-bond acceptors (Lipinski definition) is 3. The zero-order valence-electron chi connectivity index (χ0n) is 11.1. The van der Waals surface area contributed by atoms with Gasteiger partial charge in [0.15, 0.2) is 0 Å². The maximum Gasteiger partial charge on any atom is 0.320 e. The van der Waals surface area contributed by atoms with Crippen molar-refractivity contribution < 1.29 is 14.7 Å². The number of likely N-dealkylation sites (tertiary alicyclic amines) is 1. The first-order valence-electron chi connectivity index (χ1n) is 6.83. The van der Waals surface area contributed by atoms with Crippen molar-refractivity contribution in [3.05, 3.63) is 0 Å². The van der Waals surface area contributed by atoms with Crippen LogP contribution in [0, 0.1) is 5.92 Å². The van der Waals surface area contributed by atoms with Gasteiger partial charge in [-0.15, -0.1) is 0 Å². The molecule has 1 rings (SSSR count). The third-order valence-electron chi connectivity index (χ3n) is 3.62. The van der Waals surface area contributed by atoms with E-state index in [1.165, 1.54) is 19.3 Å². The minimum absolute atomic E-state index is 0.370. The van der Waals surface area contributed by atoms with Gasteiger partial charge >= 0.3 is 5.97 Å². The minimum atomic E-state index is -0.737. The molecule has 0 bridgehead atoms. The first-order chi connectivity index (χ1) is 8.69. The second-order valence-corrected chi connectivity index (χ2v) is 5.02. The van der Waals surface area contributed by atoms with Gasteiger partial charge in [-0.25, -0.2) is 0 Å². The summed E-state index contributed by atoms with van der Waals surface area (Å²) in [6.07, 6.45) is 6.14. The topological polar surface area (TPSA) is 69.6 Å². The van der Waals surface area contributed by atoms with Crippen LogP contribution in [-0.4, -0.2) is 48.1 Å². The van der Waals surface area contributed by atoms with Crippen LogP contribution in [0.5, 0.6) is 0 Å². The Balaban J connectivity index is 2.38. The molecule has 1 amide bonds. The first-order valence-corrected chi connectivity index (χ1v) is 6.83. The summed E-state index contributed by atoms with van der Waals surface area (Å²) in [5.41, 5.74) is 0. The van der Waals surface area contributed by atoms with Crippen LogP contribution in [0.25, 0.3) is 0 Å². The van der Waals surface area contributed by atoms with Gasteiger partial charge in [0.2, 0.25) is 6.41 Å². The maximum atomic E-state index is 11.2. The highest BCUT2D eigenvalue weighted by atomic mass is 16.4. The van der Waals surface area contributed by atoms with Crippen LogP contribution >= 0.6 is 0 Å². The van der Waals surface area contributed by atoms with Crippen molar-refractivity contribution in [2.24, 2.45) is 5.92 Å². The van der Waals surface area contributed by atoms with Gasteiger partial charge in [0.25, 0.3) is 0 Å². The van der Waals surface area contributed by atoms with Gasteiger partial charge in [-0.2, -0.15) is 0 Å². The summed E-state index contributed by atoms with van der Waals surface area (Å²) >= 11 is 0. The fraction of sp³-hybridized carbons (Fsp3) is 0.846. The van der Waals surface area contributed by atoms with Crippen molar-refractivity contribution in [3.63, 3.8) is 0 Å². The first kappa shape index (κ1) is 15.0. The van der Waals surface area contributed by atoms with Crippen LogP contribution in [-0.2, 0) is 9.59 Å². The Labute approximate surface area is 109 Å². The largest absolute Gasteiger partial charge is 0.480 e. The monoisotopic (exact) mass is 256 g/mol. The SMILES string of the molecule is CCCCCC1CC(C(=O)O)N(CCNC=O)C1. The number of carbonyl (C=O) groups excluding carboxylic acids is 1. The fourth-order valence-electron chi connectivity index (χ4n) is 2.66. The predicted molar refractivity (Wildman–Crippen MR) is 69.3 cm³/mol. The van der Waals surface area contributed by atoms with Crippen molar-refractivity contribution in [3.8, 4) is 0 Å². The molecule has 0 aliphatic carbocycles. The number of nitrogens with zero attached hydrogens (tertiary/aromatic N) is 1. The van der Waals surface area contributed by atoms with Crippen molar-refractivity contribution in [2.45, 2.75) is 45.1 Å². The van der Waals surface area contributed by atoms with Crippen LogP contribution in [0.1, 0.15) is 39.0 Å². The Morgan fingerprint density at radius 2 is 2.28 bits per heavy atom. The van der Waals surface area contributed by atoms with Gasteiger partial charge in [0.1, 0.15) is 6.04 Å². The number of hydrogen-bond donors (Lipinski definition) is 2. The molecule has 1 saturated heterocycles. The zero-order chi connectivity index (χ0) is 13.4. The van der Waals surface area contributed by atoms with E-state index in [1.807, 2.05) is 4.90 Å². The van der Waals surface area contributed by atoms with E-state index >= 15 is 0 Å². The molecule has 0 saturated carbocycles. The summed E-state index contributed by atoms with van der Waals surface area (Å²) < 4.78 is 0. The lowest BCUT2D eigenvalue weighted by Crippen LogP contribution is -2.39. The molecule has 1 aliphatic rings. The highest BCUT2D eigenvalue weighted by Gasteiger charge is 2.35. The molecule has 0 aromatic carbocycles. The molecule has 5 heteroatoms. The van der Waals surface area contributed by atoms with Crippen LogP contribution in [0.2, 0.25) is 0 Å². The van der Waals surface area contributed by atoms with E-state index < -0.39 is 5.97 Å². The van der Waals surface area contributed by atoms with Crippen molar-refractivity contribution in [2.75, 3.05) is 19.6 Å². The van der Waals surface area contributed by atoms with E-state index in [2.05, 4.69) is 12.2 Å². The molecule has 0 aromatic heterocycles. The molecule has 1 aliphatic heterocycles. The quantitative estimate of drug-likeness (QED) is 0.478. The lowest BCUT2D eigenvalue weighted by molar-refractivity contribution is -0.142. The summed E-state index contributed by atoms with van der Waals surface area (Å²) in [6, 6.07) is -0.370. The summed E-state index contributed by atoms with van der Waals surface area (Å²) in [6.45, 7) is 4.17. The highest BCUT2D eigenvalue weighted by Crippen LogP contribution is 2.27. The summed E-state index contributed by atoms with van der Waals surface area (Å²) in [5, 5.41) is 11.8. The number of amides is 1. The van der Waals surface area contributed by atoms with E-state index in [9.17, 15) is 14.7 Å². The van der Waals surface area contributed by atoms with Gasteiger partial charge < -0.3 is 10.4 Å².